The average Bonchev–Trinajstić information content (AvgIpc) is 3.47. The molecule has 44 heavy (non-hydrogen) atoms. The minimum atomic E-state index is -4.64. The molecule has 3 aromatic rings. The summed E-state index contributed by atoms with van der Waals surface area (Å²) in [6, 6.07) is 8.80. The van der Waals surface area contributed by atoms with Crippen molar-refractivity contribution in [3.05, 3.63) is 69.9 Å². The number of hydrogen-bond donors (Lipinski definition) is 1. The third-order valence-electron chi connectivity index (χ3n) is 10.1. The number of aromatic nitrogens is 2. The minimum absolute atomic E-state index is 0.0731. The van der Waals surface area contributed by atoms with Crippen molar-refractivity contribution in [3.8, 4) is 5.69 Å². The Kier molecular flexibility index (Phi) is 7.85. The molecule has 0 radical (unpaired) electrons. The molecule has 7 rings (SSSR count). The molecular formula is C32H41F4N6O2+. The van der Waals surface area contributed by atoms with Crippen molar-refractivity contribution in [2.24, 2.45) is 5.92 Å². The van der Waals surface area contributed by atoms with Gasteiger partial charge in [-0.25, -0.2) is 18.7 Å². The molecule has 0 aliphatic carbocycles. The Balaban J connectivity index is 1.24. The fourth-order valence-corrected chi connectivity index (χ4v) is 7.79. The first-order valence-electron chi connectivity index (χ1n) is 15.8. The Labute approximate surface area is 254 Å². The number of pyridine rings is 1. The maximum Gasteiger partial charge on any atom is 0.418 e. The summed E-state index contributed by atoms with van der Waals surface area (Å²) in [6.07, 6.45) is 1.74. The number of quaternary nitrogens is 1. The first kappa shape index (κ1) is 29.9. The van der Waals surface area contributed by atoms with Gasteiger partial charge in [0.1, 0.15) is 12.3 Å². The number of alkyl halides is 4. The molecule has 1 spiro atoms. The van der Waals surface area contributed by atoms with Crippen LogP contribution in [0.2, 0.25) is 0 Å². The highest BCUT2D eigenvalue weighted by Crippen LogP contribution is 2.39. The van der Waals surface area contributed by atoms with Crippen LogP contribution in [0.5, 0.6) is 0 Å². The topological polar surface area (TPSA) is 54.2 Å². The lowest BCUT2D eigenvalue weighted by Gasteiger charge is -2.40. The van der Waals surface area contributed by atoms with E-state index in [9.17, 15) is 22.4 Å². The zero-order valence-electron chi connectivity index (χ0n) is 25.1. The molecule has 6 heterocycles. The molecule has 0 saturated carbocycles. The number of fused-ring (bicyclic) bond motifs is 1. The SMILES string of the molecule is CN1C[N+]2(CCCCC2)NC1[C@@H](c1cccc(-n2cc3c(C(F)(F)F)cc(CN4CCC(F)CC4)cn3c2=O)c1)C1COC1. The van der Waals surface area contributed by atoms with Crippen LogP contribution in [0.4, 0.5) is 17.6 Å². The fourth-order valence-electron chi connectivity index (χ4n) is 7.79. The van der Waals surface area contributed by atoms with E-state index in [0.717, 1.165) is 40.4 Å². The summed E-state index contributed by atoms with van der Waals surface area (Å²) in [5.41, 5.74) is 4.31. The second-order valence-electron chi connectivity index (χ2n) is 13.3. The molecule has 1 N–H and O–H groups in total. The second-order valence-corrected chi connectivity index (χ2v) is 13.3. The largest absolute Gasteiger partial charge is 0.418 e. The quantitative estimate of drug-likeness (QED) is 0.326. The highest BCUT2D eigenvalue weighted by molar-refractivity contribution is 5.58. The molecule has 8 nitrogen and oxygen atoms in total. The highest BCUT2D eigenvalue weighted by Gasteiger charge is 2.49. The molecule has 12 heteroatoms. The number of halogens is 4. The van der Waals surface area contributed by atoms with Crippen LogP contribution in [-0.2, 0) is 17.5 Å². The Hall–Kier alpha value is -2.77. The van der Waals surface area contributed by atoms with Crippen molar-refractivity contribution in [1.82, 2.24) is 24.2 Å². The Morgan fingerprint density at radius 3 is 2.50 bits per heavy atom. The molecule has 0 amide bonds. The van der Waals surface area contributed by atoms with E-state index in [-0.39, 0.29) is 24.1 Å². The maximum absolute atomic E-state index is 14.3. The molecule has 4 saturated heterocycles. The maximum atomic E-state index is 14.3. The van der Waals surface area contributed by atoms with Gasteiger partial charge in [-0.1, -0.05) is 12.1 Å². The lowest BCUT2D eigenvalue weighted by molar-refractivity contribution is -0.966. The molecule has 238 valence electrons. The van der Waals surface area contributed by atoms with Crippen LogP contribution >= 0.6 is 0 Å². The van der Waals surface area contributed by atoms with Gasteiger partial charge in [-0.3, -0.25) is 13.9 Å². The first-order chi connectivity index (χ1) is 21.1. The van der Waals surface area contributed by atoms with Gasteiger partial charge in [-0.15, -0.1) is 5.43 Å². The van der Waals surface area contributed by atoms with Crippen LogP contribution in [-0.4, -0.2) is 88.8 Å². The molecule has 4 fully saturated rings. The number of likely N-dealkylation sites (tertiary alicyclic amines) is 1. The van der Waals surface area contributed by atoms with Gasteiger partial charge < -0.3 is 4.74 Å². The van der Waals surface area contributed by atoms with Gasteiger partial charge in [0.15, 0.2) is 6.67 Å². The molecule has 4 aliphatic heterocycles. The second kappa shape index (κ2) is 11.5. The van der Waals surface area contributed by atoms with E-state index >= 15 is 0 Å². The summed E-state index contributed by atoms with van der Waals surface area (Å²) in [5.74, 6) is 0.381. The number of likely N-dealkylation sites (N-methyl/N-ethyl adjacent to an activating group) is 1. The predicted molar refractivity (Wildman–Crippen MR) is 158 cm³/mol. The fraction of sp³-hybridized carbons (Fsp3) is 0.594. The number of imidazole rings is 1. The third kappa shape index (κ3) is 5.60. The highest BCUT2D eigenvalue weighted by atomic mass is 19.4. The molecule has 4 aliphatic rings. The van der Waals surface area contributed by atoms with E-state index in [1.807, 2.05) is 17.0 Å². The van der Waals surface area contributed by atoms with Crippen molar-refractivity contribution in [2.75, 3.05) is 53.1 Å². The van der Waals surface area contributed by atoms with E-state index in [1.165, 1.54) is 36.2 Å². The van der Waals surface area contributed by atoms with Crippen LogP contribution in [0.15, 0.2) is 47.5 Å². The van der Waals surface area contributed by atoms with E-state index in [4.69, 9.17) is 4.74 Å². The third-order valence-corrected chi connectivity index (χ3v) is 10.1. The summed E-state index contributed by atoms with van der Waals surface area (Å²) >= 11 is 0. The molecule has 0 bridgehead atoms. The van der Waals surface area contributed by atoms with Gasteiger partial charge in [0.2, 0.25) is 0 Å². The van der Waals surface area contributed by atoms with Gasteiger partial charge >= 0.3 is 11.9 Å². The number of ether oxygens (including phenoxy) is 1. The lowest BCUT2D eigenvalue weighted by Crippen LogP contribution is -2.59. The Morgan fingerprint density at radius 2 is 1.82 bits per heavy atom. The number of nitrogens with zero attached hydrogens (tertiary/aromatic N) is 5. The van der Waals surface area contributed by atoms with E-state index < -0.39 is 23.6 Å². The van der Waals surface area contributed by atoms with Gasteiger partial charge in [0.05, 0.1) is 43.1 Å². The summed E-state index contributed by atoms with van der Waals surface area (Å²) in [5, 5.41) is 0. The van der Waals surface area contributed by atoms with Gasteiger partial charge in [0.25, 0.3) is 0 Å². The number of benzene rings is 1. The van der Waals surface area contributed by atoms with Gasteiger partial charge in [-0.05, 0) is 68.5 Å². The van der Waals surface area contributed by atoms with Crippen LogP contribution in [0.3, 0.4) is 0 Å². The van der Waals surface area contributed by atoms with Crippen LogP contribution in [0.25, 0.3) is 11.2 Å². The van der Waals surface area contributed by atoms with Gasteiger partial charge in [-0.2, -0.15) is 13.2 Å². The lowest BCUT2D eigenvalue weighted by atomic mass is 9.82. The number of hydrogen-bond acceptors (Lipinski definition) is 5. The number of rotatable bonds is 6. The average molecular weight is 618 g/mol. The van der Waals surface area contributed by atoms with Gasteiger partial charge in [0, 0.05) is 43.9 Å². The molecular weight excluding hydrogens is 576 g/mol. The van der Waals surface area contributed by atoms with E-state index in [2.05, 4.69) is 23.4 Å². The van der Waals surface area contributed by atoms with E-state index in [1.54, 1.807) is 6.07 Å². The van der Waals surface area contributed by atoms with Crippen molar-refractivity contribution in [2.45, 2.75) is 63.1 Å². The molecule has 1 unspecified atom stereocenters. The van der Waals surface area contributed by atoms with Crippen molar-refractivity contribution in [1.29, 1.82) is 0 Å². The molecule has 1 aromatic carbocycles. The van der Waals surface area contributed by atoms with Crippen LogP contribution < -0.4 is 11.1 Å². The molecule has 2 atom stereocenters. The summed E-state index contributed by atoms with van der Waals surface area (Å²) in [7, 11) is 2.15. The standard InChI is InChI=1S/C32H41F4N6O2/c1-38-21-42(12-3-2-4-13-42)37-30(38)29(24-19-44-20-24)23-6-5-7-26(15-23)40-18-28-27(32(34,35)36)14-22(17-41(28)31(40)43)16-39-10-8-25(33)9-11-39/h5-7,14-15,17-18,24-25,29-30,37H,2-4,8-13,16,19-21H2,1H3/q+1/t29-,30?/m0/s1. The van der Waals surface area contributed by atoms with Crippen molar-refractivity contribution in [3.63, 3.8) is 0 Å². The van der Waals surface area contributed by atoms with Crippen LogP contribution in [0.1, 0.15) is 54.7 Å². The number of nitrogens with one attached hydrogen (secondary N) is 1. The summed E-state index contributed by atoms with van der Waals surface area (Å²) < 4.78 is 65.5. The van der Waals surface area contributed by atoms with Crippen molar-refractivity contribution >= 4 is 5.52 Å². The molecule has 2 aromatic heterocycles. The minimum Gasteiger partial charge on any atom is -0.381 e. The number of piperidine rings is 2. The zero-order valence-corrected chi connectivity index (χ0v) is 25.1. The van der Waals surface area contributed by atoms with Crippen LogP contribution in [0, 0.1) is 5.92 Å². The Bertz CT molecular complexity index is 1550. The summed E-state index contributed by atoms with van der Waals surface area (Å²) in [4.78, 5) is 18.1. The predicted octanol–water partition coefficient (Wildman–Crippen LogP) is 4.51. The Morgan fingerprint density at radius 1 is 1.07 bits per heavy atom. The summed E-state index contributed by atoms with van der Waals surface area (Å²) in [6.45, 7) is 5.59. The van der Waals surface area contributed by atoms with Crippen molar-refractivity contribution < 1.29 is 26.9 Å². The normalized spacial score (nSPS) is 24.7. The first-order valence-corrected chi connectivity index (χ1v) is 15.8. The van der Waals surface area contributed by atoms with E-state index in [0.29, 0.717) is 56.3 Å². The zero-order chi connectivity index (χ0) is 30.6. The monoisotopic (exact) mass is 617 g/mol. The smallest absolute Gasteiger partial charge is 0.381 e.